The summed E-state index contributed by atoms with van der Waals surface area (Å²) in [4.78, 5) is 2.20. The lowest BCUT2D eigenvalue weighted by molar-refractivity contribution is -0.877. The summed E-state index contributed by atoms with van der Waals surface area (Å²) in [5, 5.41) is 0. The van der Waals surface area contributed by atoms with Crippen molar-refractivity contribution in [2.75, 3.05) is 4.90 Å². The summed E-state index contributed by atoms with van der Waals surface area (Å²) < 4.78 is 0.955. The summed E-state index contributed by atoms with van der Waals surface area (Å²) in [6.07, 6.45) is 11.5. The van der Waals surface area contributed by atoms with Crippen molar-refractivity contribution in [3.63, 3.8) is 0 Å². The lowest BCUT2D eigenvalue weighted by Gasteiger charge is -2.43. The Morgan fingerprint density at radius 3 is 1.85 bits per heavy atom. The highest BCUT2D eigenvalue weighted by Crippen LogP contribution is 2.30. The molecule has 1 aliphatic heterocycles. The average Bonchev–Trinajstić information content (AvgIpc) is 2.54. The van der Waals surface area contributed by atoms with Gasteiger partial charge in [0, 0.05) is 5.69 Å². The fourth-order valence-corrected chi connectivity index (χ4v) is 2.90. The third-order valence-electron chi connectivity index (χ3n) is 4.73. The van der Waals surface area contributed by atoms with Gasteiger partial charge in [-0.2, -0.15) is 0 Å². The van der Waals surface area contributed by atoms with Crippen LogP contribution in [0.5, 0.6) is 0 Å². The van der Waals surface area contributed by atoms with Crippen molar-refractivity contribution in [1.82, 2.24) is 0 Å². The van der Waals surface area contributed by atoms with Crippen molar-refractivity contribution >= 4 is 5.69 Å². The van der Waals surface area contributed by atoms with Crippen molar-refractivity contribution < 1.29 is 4.48 Å². The molecular formula is C18H27N2+. The molecule has 1 aromatic rings. The van der Waals surface area contributed by atoms with E-state index in [0.29, 0.717) is 12.1 Å². The predicted molar refractivity (Wildman–Crippen MR) is 87.0 cm³/mol. The maximum Gasteiger partial charge on any atom is 0.118 e. The van der Waals surface area contributed by atoms with Gasteiger partial charge < -0.3 is 4.90 Å². The second kappa shape index (κ2) is 6.27. The van der Waals surface area contributed by atoms with Gasteiger partial charge in [-0.25, -0.2) is 0 Å². The molecule has 1 aromatic carbocycles. The number of hydrogen-bond donors (Lipinski definition) is 0. The van der Waals surface area contributed by atoms with Crippen LogP contribution >= 0.6 is 0 Å². The molecule has 2 heteroatoms. The first-order valence-electron chi connectivity index (χ1n) is 7.74. The SMILES string of the molecule is CCC(C)[N+]1(C(C)CC)C=CN(c2ccccc2)C=C1. The summed E-state index contributed by atoms with van der Waals surface area (Å²) in [6.45, 7) is 9.24. The van der Waals surface area contributed by atoms with Crippen LogP contribution in [0, 0.1) is 0 Å². The van der Waals surface area contributed by atoms with Crippen LogP contribution < -0.4 is 4.90 Å². The number of anilines is 1. The van der Waals surface area contributed by atoms with Crippen LogP contribution in [0.15, 0.2) is 55.1 Å². The molecule has 108 valence electrons. The Hall–Kier alpha value is -1.54. The van der Waals surface area contributed by atoms with Gasteiger partial charge in [-0.15, -0.1) is 0 Å². The number of rotatable bonds is 5. The minimum Gasteiger partial charge on any atom is -0.313 e. The Labute approximate surface area is 123 Å². The van der Waals surface area contributed by atoms with E-state index in [0.717, 1.165) is 4.48 Å². The molecule has 2 unspecified atom stereocenters. The van der Waals surface area contributed by atoms with Crippen LogP contribution in [-0.4, -0.2) is 16.6 Å². The summed E-state index contributed by atoms with van der Waals surface area (Å²) in [5.74, 6) is 0. The minimum absolute atomic E-state index is 0.607. The molecular weight excluding hydrogens is 244 g/mol. The zero-order chi connectivity index (χ0) is 14.6. The lowest BCUT2D eigenvalue weighted by atomic mass is 10.1. The Bertz CT molecular complexity index is 449. The van der Waals surface area contributed by atoms with Crippen LogP contribution in [0.2, 0.25) is 0 Å². The van der Waals surface area contributed by atoms with E-state index in [1.165, 1.54) is 18.5 Å². The number of hydrogen-bond acceptors (Lipinski definition) is 1. The molecule has 0 aromatic heterocycles. The van der Waals surface area contributed by atoms with Crippen LogP contribution in [0.4, 0.5) is 5.69 Å². The molecule has 0 N–H and O–H groups in total. The van der Waals surface area contributed by atoms with Gasteiger partial charge in [0.05, 0.1) is 24.5 Å². The first kappa shape index (κ1) is 14.9. The van der Waals surface area contributed by atoms with E-state index in [1.54, 1.807) is 0 Å². The van der Waals surface area contributed by atoms with E-state index in [9.17, 15) is 0 Å². The van der Waals surface area contributed by atoms with Crippen LogP contribution in [0.1, 0.15) is 40.5 Å². The Morgan fingerprint density at radius 2 is 1.40 bits per heavy atom. The predicted octanol–water partition coefficient (Wildman–Crippen LogP) is 4.86. The van der Waals surface area contributed by atoms with E-state index in [4.69, 9.17) is 0 Å². The summed E-state index contributed by atoms with van der Waals surface area (Å²) in [5.41, 5.74) is 1.21. The van der Waals surface area contributed by atoms with Gasteiger partial charge >= 0.3 is 0 Å². The second-order valence-corrected chi connectivity index (χ2v) is 5.75. The fraction of sp³-hybridized carbons (Fsp3) is 0.444. The van der Waals surface area contributed by atoms with Crippen LogP contribution in [-0.2, 0) is 0 Å². The van der Waals surface area contributed by atoms with E-state index in [-0.39, 0.29) is 0 Å². The Morgan fingerprint density at radius 1 is 0.900 bits per heavy atom. The summed E-state index contributed by atoms with van der Waals surface area (Å²) in [6, 6.07) is 11.7. The van der Waals surface area contributed by atoms with Gasteiger partial charge in [0.15, 0.2) is 0 Å². The molecule has 0 saturated heterocycles. The number of benzene rings is 1. The van der Waals surface area contributed by atoms with E-state index >= 15 is 0 Å². The number of nitrogens with zero attached hydrogens (tertiary/aromatic N) is 2. The largest absolute Gasteiger partial charge is 0.313 e. The van der Waals surface area contributed by atoms with Gasteiger partial charge in [-0.05, 0) is 38.8 Å². The van der Waals surface area contributed by atoms with Gasteiger partial charge in [0.2, 0.25) is 0 Å². The molecule has 2 rings (SSSR count). The highest BCUT2D eigenvalue weighted by atomic mass is 15.4. The molecule has 2 nitrogen and oxygen atoms in total. The Kier molecular flexibility index (Phi) is 4.66. The van der Waals surface area contributed by atoms with Crippen LogP contribution in [0.3, 0.4) is 0 Å². The average molecular weight is 271 g/mol. The first-order valence-corrected chi connectivity index (χ1v) is 7.74. The molecule has 1 heterocycles. The zero-order valence-corrected chi connectivity index (χ0v) is 13.2. The fourth-order valence-electron chi connectivity index (χ4n) is 2.90. The van der Waals surface area contributed by atoms with E-state index < -0.39 is 0 Å². The quantitative estimate of drug-likeness (QED) is 0.691. The molecule has 0 bridgehead atoms. The molecule has 20 heavy (non-hydrogen) atoms. The van der Waals surface area contributed by atoms with Gasteiger partial charge in [0.25, 0.3) is 0 Å². The van der Waals surface area contributed by atoms with Gasteiger partial charge in [-0.3, -0.25) is 4.48 Å². The third kappa shape index (κ3) is 2.66. The summed E-state index contributed by atoms with van der Waals surface area (Å²) >= 11 is 0. The lowest BCUT2D eigenvalue weighted by Crippen LogP contribution is -2.52. The van der Waals surface area contributed by atoms with Crippen molar-refractivity contribution in [3.8, 4) is 0 Å². The molecule has 0 amide bonds. The third-order valence-corrected chi connectivity index (χ3v) is 4.73. The highest BCUT2D eigenvalue weighted by molar-refractivity contribution is 5.52. The molecule has 0 spiro atoms. The molecule has 1 aliphatic rings. The maximum absolute atomic E-state index is 2.36. The molecule has 0 fully saturated rings. The normalized spacial score (nSPS) is 19.9. The molecule has 2 atom stereocenters. The molecule has 0 saturated carbocycles. The molecule has 0 aliphatic carbocycles. The van der Waals surface area contributed by atoms with E-state index in [1.807, 2.05) is 0 Å². The van der Waals surface area contributed by atoms with E-state index in [2.05, 4.69) is 87.7 Å². The zero-order valence-electron chi connectivity index (χ0n) is 13.2. The van der Waals surface area contributed by atoms with Crippen molar-refractivity contribution in [2.24, 2.45) is 0 Å². The van der Waals surface area contributed by atoms with Gasteiger partial charge in [0.1, 0.15) is 12.4 Å². The van der Waals surface area contributed by atoms with Crippen LogP contribution in [0.25, 0.3) is 0 Å². The smallest absolute Gasteiger partial charge is 0.118 e. The number of para-hydroxylation sites is 1. The van der Waals surface area contributed by atoms with Crippen molar-refractivity contribution in [1.29, 1.82) is 0 Å². The standard InChI is InChI=1S/C18H27N2/c1-5-16(3)20(17(4)6-2)14-12-19(13-15-20)18-10-8-7-9-11-18/h7-17H,5-6H2,1-4H3/q+1. The maximum atomic E-state index is 2.36. The monoisotopic (exact) mass is 271 g/mol. The number of quaternary nitrogens is 1. The van der Waals surface area contributed by atoms with Gasteiger partial charge in [-0.1, -0.05) is 32.0 Å². The first-order chi connectivity index (χ1) is 9.64. The minimum atomic E-state index is 0.607. The topological polar surface area (TPSA) is 3.24 Å². The molecule has 0 radical (unpaired) electrons. The Balaban J connectivity index is 2.27. The van der Waals surface area contributed by atoms with Crippen molar-refractivity contribution in [2.45, 2.75) is 52.6 Å². The highest BCUT2D eigenvalue weighted by Gasteiger charge is 2.35. The second-order valence-electron chi connectivity index (χ2n) is 5.75. The van der Waals surface area contributed by atoms with Crippen molar-refractivity contribution in [3.05, 3.63) is 55.1 Å². The summed E-state index contributed by atoms with van der Waals surface area (Å²) in [7, 11) is 0.